The van der Waals surface area contributed by atoms with Gasteiger partial charge in [-0.25, -0.2) is 9.97 Å². The van der Waals surface area contributed by atoms with Crippen LogP contribution in [0.3, 0.4) is 0 Å². The topological polar surface area (TPSA) is 42.9 Å². The summed E-state index contributed by atoms with van der Waals surface area (Å²) in [4.78, 5) is 21.8. The van der Waals surface area contributed by atoms with Gasteiger partial charge in [-0.05, 0) is 31.2 Å². The first kappa shape index (κ1) is 12.4. The number of ketones is 1. The number of carbonyl (C=O) groups excluding carboxylic acids is 1. The summed E-state index contributed by atoms with van der Waals surface area (Å²) in [5, 5.41) is 0. The average Bonchev–Trinajstić information content (AvgIpc) is 2.47. The minimum absolute atomic E-state index is 0.172. The summed E-state index contributed by atoms with van der Waals surface area (Å²) in [6.07, 6.45) is 6.13. The minimum atomic E-state index is 0.172. The van der Waals surface area contributed by atoms with Crippen LogP contribution in [0.25, 0.3) is 11.4 Å². The standard InChI is InChI=1S/C15H14N2OS/c1-19-11-7-5-10(6-8-11)15-16-9-12-13(17-15)3-2-4-14(12)18/h5-9H,2-4H2,1H3. The lowest BCUT2D eigenvalue weighted by molar-refractivity contribution is 0.0971. The molecule has 0 fully saturated rings. The predicted octanol–water partition coefficient (Wildman–Crippen LogP) is 3.38. The van der Waals surface area contributed by atoms with Crippen molar-refractivity contribution in [1.82, 2.24) is 9.97 Å². The van der Waals surface area contributed by atoms with Crippen molar-refractivity contribution in [3.05, 3.63) is 41.7 Å². The predicted molar refractivity (Wildman–Crippen MR) is 76.5 cm³/mol. The lowest BCUT2D eigenvalue weighted by Gasteiger charge is -2.13. The highest BCUT2D eigenvalue weighted by atomic mass is 32.2. The zero-order chi connectivity index (χ0) is 13.2. The summed E-state index contributed by atoms with van der Waals surface area (Å²) in [7, 11) is 0. The van der Waals surface area contributed by atoms with Crippen LogP contribution in [0.5, 0.6) is 0 Å². The van der Waals surface area contributed by atoms with Gasteiger partial charge in [0, 0.05) is 23.1 Å². The Hall–Kier alpha value is -1.68. The van der Waals surface area contributed by atoms with E-state index in [0.717, 1.165) is 24.1 Å². The second-order valence-corrected chi connectivity index (χ2v) is 5.44. The summed E-state index contributed by atoms with van der Waals surface area (Å²) in [5.41, 5.74) is 2.60. The Morgan fingerprint density at radius 3 is 2.68 bits per heavy atom. The van der Waals surface area contributed by atoms with Crippen LogP contribution in [0.2, 0.25) is 0 Å². The van der Waals surface area contributed by atoms with Gasteiger partial charge in [0.15, 0.2) is 11.6 Å². The molecule has 1 heterocycles. The molecule has 1 aromatic carbocycles. The van der Waals surface area contributed by atoms with Crippen LogP contribution in [0.15, 0.2) is 35.4 Å². The van der Waals surface area contributed by atoms with Crippen molar-refractivity contribution >= 4 is 17.5 Å². The normalized spacial score (nSPS) is 14.3. The maximum Gasteiger partial charge on any atom is 0.166 e. The molecule has 0 saturated heterocycles. The Morgan fingerprint density at radius 2 is 1.95 bits per heavy atom. The van der Waals surface area contributed by atoms with Crippen molar-refractivity contribution in [2.75, 3.05) is 6.26 Å². The number of Topliss-reactive ketones (excluding diaryl/α,β-unsaturated/α-hetero) is 1. The molecule has 2 aromatic rings. The summed E-state index contributed by atoms with van der Waals surface area (Å²) >= 11 is 1.71. The van der Waals surface area contributed by atoms with Gasteiger partial charge in [-0.2, -0.15) is 0 Å². The first-order valence-corrected chi connectivity index (χ1v) is 7.54. The van der Waals surface area contributed by atoms with Crippen molar-refractivity contribution in [1.29, 1.82) is 0 Å². The van der Waals surface area contributed by atoms with E-state index in [0.29, 0.717) is 17.8 Å². The molecule has 1 aliphatic rings. The maximum absolute atomic E-state index is 11.7. The van der Waals surface area contributed by atoms with Crippen molar-refractivity contribution < 1.29 is 4.79 Å². The third-order valence-corrected chi connectivity index (χ3v) is 4.08. The van der Waals surface area contributed by atoms with Crippen LogP contribution in [0, 0.1) is 0 Å². The second-order valence-electron chi connectivity index (χ2n) is 4.56. The SMILES string of the molecule is CSc1ccc(-c2ncc3c(n2)CCCC3=O)cc1. The number of nitrogens with zero attached hydrogens (tertiary/aromatic N) is 2. The summed E-state index contributed by atoms with van der Waals surface area (Å²) < 4.78 is 0. The number of hydrogen-bond acceptors (Lipinski definition) is 4. The Labute approximate surface area is 116 Å². The number of benzene rings is 1. The highest BCUT2D eigenvalue weighted by molar-refractivity contribution is 7.98. The zero-order valence-electron chi connectivity index (χ0n) is 10.7. The van der Waals surface area contributed by atoms with Gasteiger partial charge >= 0.3 is 0 Å². The van der Waals surface area contributed by atoms with Gasteiger partial charge in [0.25, 0.3) is 0 Å². The molecule has 1 aliphatic carbocycles. The van der Waals surface area contributed by atoms with E-state index in [9.17, 15) is 4.79 Å². The molecule has 0 aliphatic heterocycles. The first-order chi connectivity index (χ1) is 9.28. The second kappa shape index (κ2) is 5.13. The van der Waals surface area contributed by atoms with Crippen LogP contribution in [0.1, 0.15) is 28.9 Å². The Balaban J connectivity index is 1.99. The lowest BCUT2D eigenvalue weighted by atomic mass is 9.96. The number of hydrogen-bond donors (Lipinski definition) is 0. The Morgan fingerprint density at radius 1 is 1.16 bits per heavy atom. The highest BCUT2D eigenvalue weighted by Crippen LogP contribution is 2.24. The monoisotopic (exact) mass is 270 g/mol. The molecule has 3 nitrogen and oxygen atoms in total. The molecule has 0 atom stereocenters. The van der Waals surface area contributed by atoms with Crippen molar-refractivity contribution in [2.45, 2.75) is 24.2 Å². The van der Waals surface area contributed by atoms with Crippen LogP contribution < -0.4 is 0 Å². The summed E-state index contributed by atoms with van der Waals surface area (Å²) in [6, 6.07) is 8.18. The van der Waals surface area contributed by atoms with Crippen molar-refractivity contribution in [3.8, 4) is 11.4 Å². The summed E-state index contributed by atoms with van der Waals surface area (Å²) in [5.74, 6) is 0.881. The Bertz CT molecular complexity index is 623. The number of rotatable bonds is 2. The molecule has 19 heavy (non-hydrogen) atoms. The summed E-state index contributed by atoms with van der Waals surface area (Å²) in [6.45, 7) is 0. The molecular weight excluding hydrogens is 256 g/mol. The van der Waals surface area contributed by atoms with Crippen molar-refractivity contribution in [2.24, 2.45) is 0 Å². The van der Waals surface area contributed by atoms with Crippen LogP contribution in [-0.4, -0.2) is 22.0 Å². The van der Waals surface area contributed by atoms with Gasteiger partial charge in [-0.3, -0.25) is 4.79 Å². The van der Waals surface area contributed by atoms with Gasteiger partial charge in [0.05, 0.1) is 11.3 Å². The molecule has 0 N–H and O–H groups in total. The zero-order valence-corrected chi connectivity index (χ0v) is 11.5. The molecule has 0 saturated carbocycles. The van der Waals surface area contributed by atoms with Crippen molar-refractivity contribution in [3.63, 3.8) is 0 Å². The molecular formula is C15H14N2OS. The van der Waals surface area contributed by atoms with Gasteiger partial charge in [-0.1, -0.05) is 12.1 Å². The van der Waals surface area contributed by atoms with Crippen LogP contribution in [0.4, 0.5) is 0 Å². The van der Waals surface area contributed by atoms with Gasteiger partial charge < -0.3 is 0 Å². The lowest BCUT2D eigenvalue weighted by Crippen LogP contribution is -2.13. The fraction of sp³-hybridized carbons (Fsp3) is 0.267. The molecule has 0 bridgehead atoms. The number of carbonyl (C=O) groups is 1. The number of fused-ring (bicyclic) bond motifs is 1. The molecule has 3 rings (SSSR count). The molecule has 0 radical (unpaired) electrons. The van der Waals surface area contributed by atoms with E-state index in [4.69, 9.17) is 0 Å². The fourth-order valence-corrected chi connectivity index (χ4v) is 2.68. The smallest absolute Gasteiger partial charge is 0.166 e. The average molecular weight is 270 g/mol. The maximum atomic E-state index is 11.7. The number of aryl methyl sites for hydroxylation is 1. The highest BCUT2D eigenvalue weighted by Gasteiger charge is 2.19. The van der Waals surface area contributed by atoms with Crippen LogP contribution >= 0.6 is 11.8 Å². The largest absolute Gasteiger partial charge is 0.294 e. The van der Waals surface area contributed by atoms with Gasteiger partial charge in [-0.15, -0.1) is 11.8 Å². The molecule has 0 unspecified atom stereocenters. The Kier molecular flexibility index (Phi) is 3.34. The molecule has 0 amide bonds. The van der Waals surface area contributed by atoms with Gasteiger partial charge in [0.2, 0.25) is 0 Å². The third-order valence-electron chi connectivity index (χ3n) is 3.33. The van der Waals surface area contributed by atoms with E-state index in [1.807, 2.05) is 12.1 Å². The van der Waals surface area contributed by atoms with E-state index in [1.165, 1.54) is 4.90 Å². The van der Waals surface area contributed by atoms with E-state index < -0.39 is 0 Å². The first-order valence-electron chi connectivity index (χ1n) is 6.31. The fourth-order valence-electron chi connectivity index (χ4n) is 2.27. The molecule has 1 aromatic heterocycles. The van der Waals surface area contributed by atoms with Crippen LogP contribution in [-0.2, 0) is 6.42 Å². The van der Waals surface area contributed by atoms with Gasteiger partial charge in [0.1, 0.15) is 0 Å². The molecule has 96 valence electrons. The molecule has 0 spiro atoms. The number of aromatic nitrogens is 2. The van der Waals surface area contributed by atoms with E-state index >= 15 is 0 Å². The molecule has 4 heteroatoms. The quantitative estimate of drug-likeness (QED) is 0.785. The minimum Gasteiger partial charge on any atom is -0.294 e. The third kappa shape index (κ3) is 2.40. The van der Waals surface area contributed by atoms with E-state index in [2.05, 4.69) is 28.4 Å². The van der Waals surface area contributed by atoms with E-state index in [-0.39, 0.29) is 5.78 Å². The number of thioether (sulfide) groups is 1. The van der Waals surface area contributed by atoms with E-state index in [1.54, 1.807) is 18.0 Å².